The summed E-state index contributed by atoms with van der Waals surface area (Å²) in [5.41, 5.74) is -3.59. The number of rotatable bonds is 9. The Morgan fingerprint density at radius 3 is 1.48 bits per heavy atom. The highest BCUT2D eigenvalue weighted by Crippen LogP contribution is 2.29. The molecule has 6 heterocycles. The monoisotopic (exact) mass is 986 g/mol. The van der Waals surface area contributed by atoms with E-state index in [1.54, 1.807) is 46.1 Å². The van der Waals surface area contributed by atoms with Crippen LogP contribution in [0.2, 0.25) is 0 Å². The predicted molar refractivity (Wildman–Crippen MR) is 243 cm³/mol. The Labute approximate surface area is 400 Å². The van der Waals surface area contributed by atoms with Gasteiger partial charge in [0.25, 0.3) is 23.6 Å². The first-order valence-corrected chi connectivity index (χ1v) is 22.1. The van der Waals surface area contributed by atoms with Crippen LogP contribution < -0.4 is 36.2 Å². The fraction of sp³-hybridized carbons (Fsp3) is 0.265. The van der Waals surface area contributed by atoms with Crippen molar-refractivity contribution in [2.45, 2.75) is 71.6 Å². The summed E-state index contributed by atoms with van der Waals surface area (Å²) >= 11 is 0. The van der Waals surface area contributed by atoms with Crippen LogP contribution in [0.15, 0.2) is 101 Å². The molecule has 0 fully saturated rings. The highest BCUT2D eigenvalue weighted by molar-refractivity contribution is 6.00. The molecule has 4 amide bonds. The van der Waals surface area contributed by atoms with Crippen molar-refractivity contribution in [1.82, 2.24) is 29.8 Å². The molecule has 3 aromatic carbocycles. The van der Waals surface area contributed by atoms with Crippen LogP contribution in [0.5, 0.6) is 11.5 Å². The lowest BCUT2D eigenvalue weighted by molar-refractivity contribution is 0.0643. The highest BCUT2D eigenvalue weighted by Gasteiger charge is 2.40. The van der Waals surface area contributed by atoms with Gasteiger partial charge in [0.05, 0.1) is 12.1 Å². The molecule has 5 aromatic rings. The second kappa shape index (κ2) is 19.6. The SMILES string of the molecule is C[C@@H]1C=C[C@H](C)N2CN1n1cc(C(=O)NCc3c(F)cc(F)cc3F)c(=O)c(O)c1C2=O.C[C@@H]1C=C[C@H](C)N2CN1n1cc(C(=O)NCc3c(F)cc(F)cc3F)c(=O)c(OCc3ccccc3)c1C2=O. The molecule has 0 aliphatic carbocycles. The molecule has 2 aromatic heterocycles. The number of hydrogen-bond acceptors (Lipinski definition) is 10. The molecule has 0 spiro atoms. The predicted octanol–water partition coefficient (Wildman–Crippen LogP) is 5.07. The van der Waals surface area contributed by atoms with E-state index in [-0.39, 0.29) is 66.8 Å². The van der Waals surface area contributed by atoms with E-state index in [1.807, 2.05) is 51.1 Å². The van der Waals surface area contributed by atoms with Crippen LogP contribution in [-0.4, -0.2) is 85.4 Å². The Morgan fingerprint density at radius 2 is 1.01 bits per heavy atom. The number of nitrogens with zero attached hydrogens (tertiary/aromatic N) is 6. The van der Waals surface area contributed by atoms with Crippen LogP contribution in [0, 0.1) is 34.9 Å². The first-order valence-electron chi connectivity index (χ1n) is 22.1. The smallest absolute Gasteiger partial charge is 0.278 e. The first-order chi connectivity index (χ1) is 33.7. The number of fused-ring (bicyclic) bond motifs is 8. The summed E-state index contributed by atoms with van der Waals surface area (Å²) in [6.45, 7) is 6.39. The van der Waals surface area contributed by atoms with Crippen molar-refractivity contribution in [2.75, 3.05) is 23.4 Å². The molecule has 4 atom stereocenters. The molecule has 370 valence electrons. The van der Waals surface area contributed by atoms with Gasteiger partial charge in [0.15, 0.2) is 22.9 Å². The number of aromatic nitrogens is 2. The topological polar surface area (TPSA) is 179 Å². The van der Waals surface area contributed by atoms with E-state index < -0.39 is 105 Å². The summed E-state index contributed by atoms with van der Waals surface area (Å²) in [6.07, 6.45) is 9.81. The van der Waals surface area contributed by atoms with Gasteiger partial charge in [-0.1, -0.05) is 54.6 Å². The second-order valence-electron chi connectivity index (χ2n) is 17.1. The van der Waals surface area contributed by atoms with Gasteiger partial charge in [0.1, 0.15) is 66.0 Å². The van der Waals surface area contributed by atoms with E-state index in [9.17, 15) is 60.2 Å². The van der Waals surface area contributed by atoms with E-state index in [0.717, 1.165) is 11.8 Å². The van der Waals surface area contributed by atoms with Crippen LogP contribution in [0.1, 0.15) is 86.1 Å². The third-order valence-electron chi connectivity index (χ3n) is 12.4. The maximum absolute atomic E-state index is 14.1. The fourth-order valence-corrected chi connectivity index (χ4v) is 8.34. The van der Waals surface area contributed by atoms with Crippen molar-refractivity contribution >= 4 is 23.6 Å². The molecule has 0 saturated heterocycles. The highest BCUT2D eigenvalue weighted by atomic mass is 19.2. The van der Waals surface area contributed by atoms with Gasteiger partial charge in [0.2, 0.25) is 10.9 Å². The van der Waals surface area contributed by atoms with E-state index in [1.165, 1.54) is 20.4 Å². The Kier molecular flexibility index (Phi) is 13.6. The molecule has 4 aliphatic heterocycles. The molecule has 3 N–H and O–H groups in total. The van der Waals surface area contributed by atoms with Crippen molar-refractivity contribution in [2.24, 2.45) is 0 Å². The molecular weight excluding hydrogens is 943 g/mol. The standard InChI is InChI=1S/C28H25F3N4O4.C21H19F3N4O4/c1-16-8-9-17(2)35-15-33(16)28(38)24-26(39-14-18-6-4-3-5-7-18)25(36)21(13-34(24)35)27(37)32-12-20-22(30)10-19(29)11-23(20)31;1-10-3-4-11(2)28-9-26(10)21(32)17-19(30)18(29)14(8-27(17)28)20(31)25-7-13-15(23)5-12(22)6-16(13)24/h3-11,13,16-17H,12,14-15H2,1-2H3,(H,32,37);3-6,8,10-11,30H,7,9H2,1-2H3,(H,25,31)/t16-,17+;10-,11+/m00/s1. The zero-order valence-corrected chi connectivity index (χ0v) is 38.3. The zero-order valence-electron chi connectivity index (χ0n) is 38.3. The summed E-state index contributed by atoms with van der Waals surface area (Å²) in [5.74, 6) is -11.2. The molecule has 0 radical (unpaired) electrons. The normalized spacial score (nSPS) is 18.7. The minimum absolute atomic E-state index is 0.0308. The lowest BCUT2D eigenvalue weighted by Gasteiger charge is -2.42. The summed E-state index contributed by atoms with van der Waals surface area (Å²) < 4.78 is 90.8. The van der Waals surface area contributed by atoms with Crippen LogP contribution in [0.25, 0.3) is 0 Å². The van der Waals surface area contributed by atoms with Crippen LogP contribution in [0.3, 0.4) is 0 Å². The minimum Gasteiger partial charge on any atom is -0.502 e. The Balaban J connectivity index is 0.000000194. The molecule has 0 saturated carbocycles. The number of benzene rings is 3. The van der Waals surface area contributed by atoms with Crippen molar-refractivity contribution in [3.05, 3.63) is 186 Å². The number of halogens is 6. The van der Waals surface area contributed by atoms with Crippen molar-refractivity contribution in [3.63, 3.8) is 0 Å². The number of ether oxygens (including phenoxy) is 1. The molecule has 71 heavy (non-hydrogen) atoms. The van der Waals surface area contributed by atoms with Crippen molar-refractivity contribution in [3.8, 4) is 11.5 Å². The Bertz CT molecular complexity index is 3140. The van der Waals surface area contributed by atoms with Crippen LogP contribution in [-0.2, 0) is 19.7 Å². The number of carbonyl (C=O) groups excluding carboxylic acids is 4. The minimum atomic E-state index is -1.20. The Hall–Kier alpha value is -8.30. The molecular formula is C49H44F6N8O8. The van der Waals surface area contributed by atoms with Crippen molar-refractivity contribution in [1.29, 1.82) is 0 Å². The van der Waals surface area contributed by atoms with E-state index in [0.29, 0.717) is 24.3 Å². The summed E-state index contributed by atoms with van der Waals surface area (Å²) in [6, 6.07) is 9.94. The van der Waals surface area contributed by atoms with Crippen molar-refractivity contribution < 1.29 is 55.4 Å². The lowest BCUT2D eigenvalue weighted by Crippen LogP contribution is -2.57. The largest absolute Gasteiger partial charge is 0.502 e. The third kappa shape index (κ3) is 9.43. The summed E-state index contributed by atoms with van der Waals surface area (Å²) in [5, 5.41) is 18.5. The second-order valence-corrected chi connectivity index (χ2v) is 17.1. The lowest BCUT2D eigenvalue weighted by atomic mass is 10.1. The summed E-state index contributed by atoms with van der Waals surface area (Å²) in [7, 11) is 0. The maximum atomic E-state index is 14.1. The zero-order chi connectivity index (χ0) is 51.2. The molecule has 4 bridgehead atoms. The van der Waals surface area contributed by atoms with Gasteiger partial charge in [-0.2, -0.15) is 0 Å². The maximum Gasteiger partial charge on any atom is 0.278 e. The van der Waals surface area contributed by atoms with Crippen LogP contribution >= 0.6 is 0 Å². The third-order valence-corrected chi connectivity index (χ3v) is 12.4. The molecule has 16 nitrogen and oxygen atoms in total. The number of pyridine rings is 2. The van der Waals surface area contributed by atoms with Crippen LogP contribution in [0.4, 0.5) is 26.3 Å². The molecule has 9 rings (SSSR count). The van der Waals surface area contributed by atoms with Gasteiger partial charge in [0, 0.05) is 73.0 Å². The van der Waals surface area contributed by atoms with Gasteiger partial charge in [-0.3, -0.25) is 48.1 Å². The fourth-order valence-electron chi connectivity index (χ4n) is 8.34. The van der Waals surface area contributed by atoms with Gasteiger partial charge >= 0.3 is 0 Å². The number of aromatic hydroxyl groups is 1. The first kappa shape index (κ1) is 49.1. The summed E-state index contributed by atoms with van der Waals surface area (Å²) in [4.78, 5) is 81.6. The number of amides is 4. The Morgan fingerprint density at radius 1 is 0.606 bits per heavy atom. The van der Waals surface area contributed by atoms with E-state index in [2.05, 4.69) is 10.6 Å². The van der Waals surface area contributed by atoms with Gasteiger partial charge in [-0.25, -0.2) is 26.3 Å². The van der Waals surface area contributed by atoms with E-state index >= 15 is 0 Å². The number of nitrogens with one attached hydrogen (secondary N) is 2. The van der Waals surface area contributed by atoms with Gasteiger partial charge in [-0.15, -0.1) is 0 Å². The molecule has 4 aliphatic rings. The van der Waals surface area contributed by atoms with Gasteiger partial charge in [-0.05, 0) is 33.3 Å². The average molecular weight is 987 g/mol. The van der Waals surface area contributed by atoms with Gasteiger partial charge < -0.3 is 30.3 Å². The van der Waals surface area contributed by atoms with E-state index in [4.69, 9.17) is 4.74 Å². The number of hydrogen-bond donors (Lipinski definition) is 3. The molecule has 0 unspecified atom stereocenters. The number of carbonyl (C=O) groups is 4. The quantitative estimate of drug-likeness (QED) is 0.134. The molecule has 22 heteroatoms. The average Bonchev–Trinajstić information content (AvgIpc) is 3.54.